The zero-order chi connectivity index (χ0) is 21.8. The number of rotatable bonds is 3. The predicted molar refractivity (Wildman–Crippen MR) is 121 cm³/mol. The first-order valence-corrected chi connectivity index (χ1v) is 11.1. The Labute approximate surface area is 183 Å². The van der Waals surface area contributed by atoms with Crippen molar-refractivity contribution in [1.82, 2.24) is 4.98 Å². The number of aromatic nitrogens is 1. The van der Waals surface area contributed by atoms with Crippen molar-refractivity contribution >= 4 is 16.7 Å². The second-order valence-electron chi connectivity index (χ2n) is 9.92. The van der Waals surface area contributed by atoms with Gasteiger partial charge >= 0.3 is 0 Å². The molecule has 0 radical (unpaired) electrons. The largest absolute Gasteiger partial charge is 0.493 e. The smallest absolute Gasteiger partial charge is 0.164 e. The lowest BCUT2D eigenvalue weighted by molar-refractivity contribution is -0.744. The number of ether oxygens (including phenoxy) is 2. The van der Waals surface area contributed by atoms with Gasteiger partial charge in [-0.25, -0.2) is 0 Å². The van der Waals surface area contributed by atoms with Gasteiger partial charge in [-0.05, 0) is 17.5 Å². The molecule has 5 nitrogen and oxygen atoms in total. The highest BCUT2D eigenvalue weighted by atomic mass is 16.5. The fraction of sp³-hybridized carbons (Fsp3) is 0.423. The monoisotopic (exact) mass is 419 g/mol. The van der Waals surface area contributed by atoms with Crippen molar-refractivity contribution in [2.75, 3.05) is 20.8 Å². The summed E-state index contributed by atoms with van der Waals surface area (Å²) in [6.07, 6.45) is 2.22. The molecular formula is C26H31N2O3+. The standard InChI is InChI=1S/C26H30N2O3/c1-25(2)12-16(29)13-26(15-25)24-22(18-8-5-6-10-20(18)28-24)19(14-27-26)17-9-7-11-21(30-3)23(17)31-4/h5-11,19,27-28H,12-15H2,1-4H3/p+1/t19-,26+/m1/s1. The van der Waals surface area contributed by atoms with Crippen LogP contribution in [0.4, 0.5) is 0 Å². The summed E-state index contributed by atoms with van der Waals surface area (Å²) in [5.74, 6) is 2.03. The van der Waals surface area contributed by atoms with Crippen LogP contribution in [0.3, 0.4) is 0 Å². The van der Waals surface area contributed by atoms with Gasteiger partial charge in [-0.2, -0.15) is 0 Å². The number of hydrogen-bond donors (Lipinski definition) is 2. The molecule has 1 aliphatic heterocycles. The summed E-state index contributed by atoms with van der Waals surface area (Å²) >= 11 is 0. The number of carbonyl (C=O) groups excluding carboxylic acids is 1. The van der Waals surface area contributed by atoms with E-state index in [-0.39, 0.29) is 16.9 Å². The lowest BCUT2D eigenvalue weighted by Gasteiger charge is -2.45. The van der Waals surface area contributed by atoms with Crippen LogP contribution in [0.1, 0.15) is 55.8 Å². The van der Waals surface area contributed by atoms with Crippen LogP contribution in [-0.4, -0.2) is 31.5 Å². The Morgan fingerprint density at radius 3 is 2.58 bits per heavy atom. The molecule has 3 N–H and O–H groups in total. The highest BCUT2D eigenvalue weighted by Crippen LogP contribution is 2.49. The first kappa shape index (κ1) is 20.1. The van der Waals surface area contributed by atoms with E-state index in [0.29, 0.717) is 18.6 Å². The first-order chi connectivity index (χ1) is 14.9. The predicted octanol–water partition coefficient (Wildman–Crippen LogP) is 3.87. The molecule has 1 fully saturated rings. The summed E-state index contributed by atoms with van der Waals surface area (Å²) in [5, 5.41) is 3.64. The molecule has 31 heavy (non-hydrogen) atoms. The van der Waals surface area contributed by atoms with Crippen LogP contribution in [0.15, 0.2) is 42.5 Å². The quantitative estimate of drug-likeness (QED) is 0.677. The van der Waals surface area contributed by atoms with Gasteiger partial charge in [-0.15, -0.1) is 0 Å². The molecule has 2 atom stereocenters. The fourth-order valence-corrected chi connectivity index (χ4v) is 6.20. The number of H-pyrrole nitrogens is 1. The Morgan fingerprint density at radius 2 is 1.84 bits per heavy atom. The van der Waals surface area contributed by atoms with E-state index in [1.54, 1.807) is 14.2 Å². The van der Waals surface area contributed by atoms with Gasteiger partial charge < -0.3 is 19.8 Å². The third-order valence-corrected chi connectivity index (χ3v) is 7.13. The molecule has 1 aromatic heterocycles. The van der Waals surface area contributed by atoms with Gasteiger partial charge in [0, 0.05) is 34.9 Å². The van der Waals surface area contributed by atoms with Gasteiger partial charge in [0.05, 0.1) is 38.8 Å². The third kappa shape index (κ3) is 3.14. The van der Waals surface area contributed by atoms with Crippen molar-refractivity contribution in [2.24, 2.45) is 5.41 Å². The Morgan fingerprint density at radius 1 is 1.03 bits per heavy atom. The molecule has 1 spiro atoms. The average molecular weight is 420 g/mol. The van der Waals surface area contributed by atoms with Gasteiger partial charge in [-0.1, -0.05) is 44.2 Å². The van der Waals surface area contributed by atoms with Crippen molar-refractivity contribution in [2.45, 2.75) is 44.6 Å². The zero-order valence-electron chi connectivity index (χ0n) is 18.7. The van der Waals surface area contributed by atoms with Crippen molar-refractivity contribution in [3.63, 3.8) is 0 Å². The number of hydrogen-bond acceptors (Lipinski definition) is 3. The van der Waals surface area contributed by atoms with E-state index >= 15 is 0 Å². The van der Waals surface area contributed by atoms with Crippen LogP contribution in [-0.2, 0) is 10.3 Å². The number of methoxy groups -OCH3 is 2. The highest BCUT2D eigenvalue weighted by Gasteiger charge is 2.53. The molecule has 5 heteroatoms. The highest BCUT2D eigenvalue weighted by molar-refractivity contribution is 5.88. The summed E-state index contributed by atoms with van der Waals surface area (Å²) in [5.41, 5.74) is 4.51. The number of nitrogens with two attached hydrogens (primary N) is 1. The molecule has 0 amide bonds. The van der Waals surface area contributed by atoms with E-state index in [9.17, 15) is 4.79 Å². The summed E-state index contributed by atoms with van der Waals surface area (Å²) in [6, 6.07) is 14.6. The normalized spacial score (nSPS) is 24.9. The minimum atomic E-state index is -0.240. The number of quaternary nitrogens is 1. The number of benzene rings is 2. The summed E-state index contributed by atoms with van der Waals surface area (Å²) in [4.78, 5) is 16.6. The van der Waals surface area contributed by atoms with E-state index in [4.69, 9.17) is 9.47 Å². The molecule has 0 unspecified atom stereocenters. The van der Waals surface area contributed by atoms with E-state index < -0.39 is 0 Å². The number of carbonyl (C=O) groups is 1. The second-order valence-corrected chi connectivity index (χ2v) is 9.92. The Bertz CT molecular complexity index is 1160. The van der Waals surface area contributed by atoms with Gasteiger partial charge in [0.2, 0.25) is 0 Å². The minimum Gasteiger partial charge on any atom is -0.493 e. The molecule has 2 aromatic carbocycles. The lowest BCUT2D eigenvalue weighted by Crippen LogP contribution is -2.98. The average Bonchev–Trinajstić information content (AvgIpc) is 3.13. The van der Waals surface area contributed by atoms with Crippen molar-refractivity contribution in [3.05, 3.63) is 59.3 Å². The number of nitrogens with one attached hydrogen (secondary N) is 1. The molecule has 1 saturated carbocycles. The van der Waals surface area contributed by atoms with Crippen LogP contribution in [0.25, 0.3) is 10.9 Å². The fourth-order valence-electron chi connectivity index (χ4n) is 6.20. The molecule has 1 aliphatic carbocycles. The minimum absolute atomic E-state index is 0.0130. The Kier molecular flexibility index (Phi) is 4.63. The summed E-state index contributed by atoms with van der Waals surface area (Å²) < 4.78 is 11.4. The lowest BCUT2D eigenvalue weighted by atomic mass is 9.63. The van der Waals surface area contributed by atoms with E-state index in [1.165, 1.54) is 16.6 Å². The zero-order valence-corrected chi connectivity index (χ0v) is 18.7. The molecule has 0 bridgehead atoms. The van der Waals surface area contributed by atoms with E-state index in [2.05, 4.69) is 54.5 Å². The third-order valence-electron chi connectivity index (χ3n) is 7.13. The number of fused-ring (bicyclic) bond motifs is 4. The topological polar surface area (TPSA) is 67.9 Å². The van der Waals surface area contributed by atoms with Gasteiger partial charge in [0.25, 0.3) is 0 Å². The summed E-state index contributed by atoms with van der Waals surface area (Å²) in [7, 11) is 3.38. The van der Waals surface area contributed by atoms with E-state index in [0.717, 1.165) is 35.5 Å². The van der Waals surface area contributed by atoms with E-state index in [1.807, 2.05) is 12.1 Å². The molecule has 0 saturated heterocycles. The summed E-state index contributed by atoms with van der Waals surface area (Å²) in [6.45, 7) is 5.31. The van der Waals surface area contributed by atoms with Crippen molar-refractivity contribution in [1.29, 1.82) is 0 Å². The van der Waals surface area contributed by atoms with Crippen LogP contribution in [0.5, 0.6) is 11.5 Å². The molecule has 3 aromatic rings. The van der Waals surface area contributed by atoms with Crippen LogP contribution >= 0.6 is 0 Å². The van der Waals surface area contributed by atoms with Crippen LogP contribution in [0, 0.1) is 5.41 Å². The van der Waals surface area contributed by atoms with Gasteiger partial charge in [0.15, 0.2) is 11.5 Å². The van der Waals surface area contributed by atoms with Crippen LogP contribution in [0.2, 0.25) is 0 Å². The maximum atomic E-state index is 12.8. The van der Waals surface area contributed by atoms with Crippen molar-refractivity contribution in [3.8, 4) is 11.5 Å². The molecule has 5 rings (SSSR count). The Hall–Kier alpha value is -2.79. The first-order valence-electron chi connectivity index (χ1n) is 11.1. The van der Waals surface area contributed by atoms with Gasteiger partial charge in [-0.3, -0.25) is 4.79 Å². The second kappa shape index (κ2) is 7.13. The molecular weight excluding hydrogens is 388 g/mol. The maximum absolute atomic E-state index is 12.8. The number of aromatic amines is 1. The number of ketones is 1. The number of Topliss-reactive ketones (excluding diaryl/α,β-unsaturated/α-hetero) is 1. The SMILES string of the molecule is COc1cccc([C@H]2C[NH2+][C@]3(CC(=O)CC(C)(C)C3)c3[nH]c4ccccc4c32)c1OC. The molecule has 2 aliphatic rings. The van der Waals surface area contributed by atoms with Crippen LogP contribution < -0.4 is 14.8 Å². The molecule has 162 valence electrons. The maximum Gasteiger partial charge on any atom is 0.164 e. The molecule has 2 heterocycles. The Balaban J connectivity index is 1.74. The van der Waals surface area contributed by atoms with Gasteiger partial charge in [0.1, 0.15) is 11.3 Å². The number of para-hydroxylation sites is 2. The van der Waals surface area contributed by atoms with Crippen molar-refractivity contribution < 1.29 is 19.6 Å².